The number of nitrogens with zero attached hydrogens (tertiary/aromatic N) is 4. The molecule has 0 fully saturated rings. The van der Waals surface area contributed by atoms with E-state index in [1.54, 1.807) is 6.07 Å². The molecule has 0 radical (unpaired) electrons. The third kappa shape index (κ3) is 3.39. The van der Waals surface area contributed by atoms with Crippen molar-refractivity contribution in [1.29, 1.82) is 0 Å². The molecule has 0 aliphatic carbocycles. The number of hydrogen-bond acceptors (Lipinski definition) is 4. The Morgan fingerprint density at radius 1 is 1.22 bits per heavy atom. The second-order valence-electron chi connectivity index (χ2n) is 5.16. The molecule has 1 heterocycles. The summed E-state index contributed by atoms with van der Waals surface area (Å²) < 4.78 is 0.952. The highest BCUT2D eigenvalue weighted by Gasteiger charge is 2.13. The number of unbranched alkanes of at least 4 members (excludes halogenated alkanes) is 1. The van der Waals surface area contributed by atoms with Crippen LogP contribution in [-0.2, 0) is 6.54 Å². The van der Waals surface area contributed by atoms with Crippen molar-refractivity contribution in [2.75, 3.05) is 5.32 Å². The summed E-state index contributed by atoms with van der Waals surface area (Å²) in [5.41, 5.74) is 0.578. The van der Waals surface area contributed by atoms with Gasteiger partial charge >= 0.3 is 0 Å². The van der Waals surface area contributed by atoms with Crippen LogP contribution in [0.5, 0.6) is 0 Å². The van der Waals surface area contributed by atoms with Crippen molar-refractivity contribution in [1.82, 2.24) is 20.2 Å². The Hall–Kier alpha value is -2.28. The third-order valence-electron chi connectivity index (χ3n) is 3.50. The number of carbonyl (C=O) groups excluding carboxylic acids is 1. The molecule has 23 heavy (non-hydrogen) atoms. The van der Waals surface area contributed by atoms with Crippen LogP contribution in [0.2, 0.25) is 0 Å². The van der Waals surface area contributed by atoms with Gasteiger partial charge in [-0.1, -0.05) is 58.6 Å². The number of rotatable bonds is 5. The van der Waals surface area contributed by atoms with Crippen molar-refractivity contribution in [3.8, 4) is 0 Å². The van der Waals surface area contributed by atoms with Crippen molar-refractivity contribution < 1.29 is 4.79 Å². The maximum Gasteiger partial charge on any atom is 0.270 e. The first-order valence-electron chi connectivity index (χ1n) is 7.45. The van der Waals surface area contributed by atoms with Gasteiger partial charge in [0, 0.05) is 10.0 Å². The highest BCUT2D eigenvalue weighted by Crippen LogP contribution is 2.26. The first-order valence-corrected chi connectivity index (χ1v) is 8.24. The van der Waals surface area contributed by atoms with Gasteiger partial charge in [0.25, 0.3) is 11.9 Å². The predicted octanol–water partition coefficient (Wildman–Crippen LogP) is 3.64. The molecule has 0 saturated heterocycles. The zero-order valence-electron chi connectivity index (χ0n) is 12.7. The zero-order valence-corrected chi connectivity index (χ0v) is 14.2. The molecule has 0 spiro atoms. The van der Waals surface area contributed by atoms with Crippen molar-refractivity contribution >= 4 is 38.6 Å². The average Bonchev–Trinajstić information content (AvgIpc) is 3.00. The number of aromatic nitrogens is 4. The second-order valence-corrected chi connectivity index (χ2v) is 6.01. The first-order chi connectivity index (χ1) is 11.2. The van der Waals surface area contributed by atoms with E-state index in [9.17, 15) is 4.79 Å². The molecular formula is C16H16BrN5O. The van der Waals surface area contributed by atoms with Crippen LogP contribution in [0.15, 0.2) is 40.9 Å². The maximum absolute atomic E-state index is 12.5. The molecule has 0 saturated carbocycles. The van der Waals surface area contributed by atoms with Crippen LogP contribution in [-0.4, -0.2) is 26.1 Å². The predicted molar refractivity (Wildman–Crippen MR) is 92.3 cm³/mol. The lowest BCUT2D eigenvalue weighted by atomic mass is 10.0. The molecule has 1 amide bonds. The minimum absolute atomic E-state index is 0.220. The van der Waals surface area contributed by atoms with E-state index in [0.29, 0.717) is 12.1 Å². The molecule has 0 aliphatic heterocycles. The summed E-state index contributed by atoms with van der Waals surface area (Å²) in [6.07, 6.45) is 2.02. The summed E-state index contributed by atoms with van der Waals surface area (Å²) in [6, 6.07) is 11.4. The fourth-order valence-corrected chi connectivity index (χ4v) is 2.82. The summed E-state index contributed by atoms with van der Waals surface area (Å²) in [6.45, 7) is 2.79. The number of hydrogen-bond donors (Lipinski definition) is 1. The average molecular weight is 374 g/mol. The lowest BCUT2D eigenvalue weighted by molar-refractivity contribution is 0.102. The maximum atomic E-state index is 12.5. The molecule has 1 N–H and O–H groups in total. The number of halogens is 1. The number of fused-ring (bicyclic) bond motifs is 1. The molecule has 6 nitrogen and oxygen atoms in total. The third-order valence-corrected chi connectivity index (χ3v) is 4.19. The highest BCUT2D eigenvalue weighted by atomic mass is 79.9. The van der Waals surface area contributed by atoms with E-state index in [-0.39, 0.29) is 11.9 Å². The summed E-state index contributed by atoms with van der Waals surface area (Å²) >= 11 is 3.50. The van der Waals surface area contributed by atoms with Gasteiger partial charge in [0.05, 0.1) is 6.54 Å². The van der Waals surface area contributed by atoms with Gasteiger partial charge < -0.3 is 0 Å². The molecule has 0 atom stereocenters. The van der Waals surface area contributed by atoms with E-state index in [1.807, 2.05) is 30.3 Å². The van der Waals surface area contributed by atoms with Crippen molar-refractivity contribution in [2.45, 2.75) is 26.3 Å². The Balaban J connectivity index is 1.84. The van der Waals surface area contributed by atoms with Crippen molar-refractivity contribution in [3.05, 3.63) is 46.4 Å². The van der Waals surface area contributed by atoms with E-state index in [0.717, 1.165) is 28.1 Å². The van der Waals surface area contributed by atoms with Crippen LogP contribution in [0.3, 0.4) is 0 Å². The van der Waals surface area contributed by atoms with Crippen LogP contribution < -0.4 is 5.32 Å². The minimum Gasteiger partial charge on any atom is -0.288 e. The minimum atomic E-state index is -0.247. The molecule has 1 aromatic heterocycles. The van der Waals surface area contributed by atoms with Gasteiger partial charge in [-0.3, -0.25) is 10.1 Å². The Labute approximate surface area is 142 Å². The fourth-order valence-electron chi connectivity index (χ4n) is 2.33. The summed E-state index contributed by atoms with van der Waals surface area (Å²) in [5, 5.41) is 16.5. The molecular weight excluding hydrogens is 358 g/mol. The molecule has 0 unspecified atom stereocenters. The van der Waals surface area contributed by atoms with E-state index in [2.05, 4.69) is 43.6 Å². The number of amides is 1. The number of carbonyl (C=O) groups is 1. The van der Waals surface area contributed by atoms with Crippen molar-refractivity contribution in [3.63, 3.8) is 0 Å². The molecule has 118 valence electrons. The molecule has 7 heteroatoms. The number of nitrogens with one attached hydrogen (secondary N) is 1. The van der Waals surface area contributed by atoms with Gasteiger partial charge in [-0.2, -0.15) is 4.80 Å². The smallest absolute Gasteiger partial charge is 0.270 e. The van der Waals surface area contributed by atoms with Crippen LogP contribution >= 0.6 is 15.9 Å². The molecule has 0 aliphatic rings. The van der Waals surface area contributed by atoms with E-state index < -0.39 is 0 Å². The van der Waals surface area contributed by atoms with Gasteiger partial charge in [0.2, 0.25) is 0 Å². The number of aryl methyl sites for hydroxylation is 1. The van der Waals surface area contributed by atoms with Gasteiger partial charge in [-0.05, 0) is 34.5 Å². The van der Waals surface area contributed by atoms with Crippen molar-refractivity contribution in [2.24, 2.45) is 0 Å². The quantitative estimate of drug-likeness (QED) is 0.740. The lowest BCUT2D eigenvalue weighted by Crippen LogP contribution is -2.14. The number of tetrazole rings is 1. The Morgan fingerprint density at radius 2 is 2.00 bits per heavy atom. The van der Waals surface area contributed by atoms with Gasteiger partial charge in [0.15, 0.2) is 0 Å². The SMILES string of the molecule is CCCCn1nnc(NC(=O)c2cccc3c(Br)cccc23)n1. The lowest BCUT2D eigenvalue weighted by Gasteiger charge is -2.06. The summed E-state index contributed by atoms with van der Waals surface area (Å²) in [7, 11) is 0. The standard InChI is InChI=1S/C16H16BrN5O/c1-2-3-10-22-20-16(19-21-22)18-15(23)13-8-4-7-12-11(13)6-5-9-14(12)17/h4-9H,2-3,10H2,1H3,(H,18,20,23). The number of benzene rings is 2. The summed E-state index contributed by atoms with van der Waals surface area (Å²) in [5.74, 6) is -0.0261. The van der Waals surface area contributed by atoms with E-state index in [4.69, 9.17) is 0 Å². The summed E-state index contributed by atoms with van der Waals surface area (Å²) in [4.78, 5) is 14.0. The Morgan fingerprint density at radius 3 is 2.83 bits per heavy atom. The van der Waals surface area contributed by atoms with Crippen LogP contribution in [0, 0.1) is 0 Å². The monoisotopic (exact) mass is 373 g/mol. The van der Waals surface area contributed by atoms with Gasteiger partial charge in [0.1, 0.15) is 0 Å². The molecule has 3 aromatic rings. The normalized spacial score (nSPS) is 10.9. The van der Waals surface area contributed by atoms with Crippen LogP contribution in [0.1, 0.15) is 30.1 Å². The van der Waals surface area contributed by atoms with Gasteiger partial charge in [-0.25, -0.2) is 0 Å². The Bertz CT molecular complexity index is 845. The van der Waals surface area contributed by atoms with Gasteiger partial charge in [-0.15, -0.1) is 5.10 Å². The van der Waals surface area contributed by atoms with Crippen LogP contribution in [0.4, 0.5) is 5.95 Å². The topological polar surface area (TPSA) is 72.7 Å². The second kappa shape index (κ2) is 6.87. The highest BCUT2D eigenvalue weighted by molar-refractivity contribution is 9.10. The zero-order chi connectivity index (χ0) is 16.2. The first kappa shape index (κ1) is 15.6. The fraction of sp³-hybridized carbons (Fsp3) is 0.250. The Kier molecular flexibility index (Phi) is 4.66. The number of anilines is 1. The molecule has 3 rings (SSSR count). The molecule has 2 aromatic carbocycles. The van der Waals surface area contributed by atoms with Crippen LogP contribution in [0.25, 0.3) is 10.8 Å². The largest absolute Gasteiger partial charge is 0.288 e. The van der Waals surface area contributed by atoms with E-state index in [1.165, 1.54) is 4.80 Å². The van der Waals surface area contributed by atoms with E-state index >= 15 is 0 Å². The molecule has 0 bridgehead atoms.